The van der Waals surface area contributed by atoms with Gasteiger partial charge >= 0.3 is 0 Å². The molecular weight excluding hydrogens is 349 g/mol. The van der Waals surface area contributed by atoms with Crippen LogP contribution in [-0.4, -0.2) is 32.1 Å². The van der Waals surface area contributed by atoms with Gasteiger partial charge in [0.1, 0.15) is 12.4 Å². The zero-order valence-corrected chi connectivity index (χ0v) is 14.5. The molecule has 138 valence electrons. The average Bonchev–Trinajstić information content (AvgIpc) is 3.09. The van der Waals surface area contributed by atoms with Gasteiger partial charge in [0.2, 0.25) is 5.88 Å². The van der Waals surface area contributed by atoms with Crippen molar-refractivity contribution in [3.8, 4) is 5.88 Å². The summed E-state index contributed by atoms with van der Waals surface area (Å²) in [7, 11) is 0. The Kier molecular flexibility index (Phi) is 4.45. The molecule has 0 unspecified atom stereocenters. The number of aromatic nitrogens is 3. The molecule has 1 amide bonds. The minimum atomic E-state index is -0.569. The van der Waals surface area contributed by atoms with Crippen LogP contribution in [0, 0.1) is 5.82 Å². The number of nitrogen functional groups attached to an aromatic ring is 1. The lowest BCUT2D eigenvalue weighted by molar-refractivity contribution is 0.0701. The summed E-state index contributed by atoms with van der Waals surface area (Å²) in [5.41, 5.74) is 7.74. The van der Waals surface area contributed by atoms with E-state index in [1.807, 2.05) is 41.1 Å². The molecule has 8 heteroatoms. The Labute approximate surface area is 155 Å². The van der Waals surface area contributed by atoms with Gasteiger partial charge in [-0.3, -0.25) is 9.48 Å². The number of nitrogens with two attached hydrogens (primary N) is 1. The Hall–Kier alpha value is -3.42. The van der Waals surface area contributed by atoms with Crippen LogP contribution in [-0.2, 0) is 19.7 Å². The third-order valence-electron chi connectivity index (χ3n) is 4.38. The van der Waals surface area contributed by atoms with Gasteiger partial charge in [0.15, 0.2) is 5.69 Å². The molecular formula is C19H18FN5O2. The largest absolute Gasteiger partial charge is 0.472 e. The standard InChI is InChI=1S/C19H18FN5O2/c20-14-8-16(21)18(22-10-14)19(26)24-6-7-25-15(11-24)9-17(23-25)27-12-13-4-2-1-3-5-13/h1-5,8-10H,6-7,11-12,21H2. The highest BCUT2D eigenvalue weighted by molar-refractivity contribution is 5.97. The monoisotopic (exact) mass is 367 g/mol. The summed E-state index contributed by atoms with van der Waals surface area (Å²) >= 11 is 0. The van der Waals surface area contributed by atoms with Crippen LogP contribution in [0.1, 0.15) is 21.7 Å². The topological polar surface area (TPSA) is 86.3 Å². The van der Waals surface area contributed by atoms with Crippen molar-refractivity contribution in [3.05, 3.63) is 71.4 Å². The smallest absolute Gasteiger partial charge is 0.275 e. The van der Waals surface area contributed by atoms with Crippen LogP contribution in [0.25, 0.3) is 0 Å². The summed E-state index contributed by atoms with van der Waals surface area (Å²) in [6.45, 7) is 1.79. The predicted molar refractivity (Wildman–Crippen MR) is 96.3 cm³/mol. The molecule has 0 fully saturated rings. The maximum absolute atomic E-state index is 13.2. The molecule has 1 aliphatic heterocycles. The number of fused-ring (bicyclic) bond motifs is 1. The van der Waals surface area contributed by atoms with Gasteiger partial charge in [0.05, 0.1) is 30.7 Å². The highest BCUT2D eigenvalue weighted by Gasteiger charge is 2.25. The van der Waals surface area contributed by atoms with Crippen molar-refractivity contribution in [1.29, 1.82) is 0 Å². The van der Waals surface area contributed by atoms with E-state index in [1.54, 1.807) is 4.90 Å². The fraction of sp³-hybridized carbons (Fsp3) is 0.211. The van der Waals surface area contributed by atoms with Gasteiger partial charge < -0.3 is 15.4 Å². The zero-order chi connectivity index (χ0) is 18.8. The number of ether oxygens (including phenoxy) is 1. The third kappa shape index (κ3) is 3.59. The molecule has 3 aromatic rings. The van der Waals surface area contributed by atoms with Crippen molar-refractivity contribution in [3.63, 3.8) is 0 Å². The predicted octanol–water partition coefficient (Wildman–Crippen LogP) is 2.23. The van der Waals surface area contributed by atoms with Crippen LogP contribution >= 0.6 is 0 Å². The Morgan fingerprint density at radius 1 is 1.22 bits per heavy atom. The first-order chi connectivity index (χ1) is 13.1. The highest BCUT2D eigenvalue weighted by atomic mass is 19.1. The van der Waals surface area contributed by atoms with E-state index in [4.69, 9.17) is 10.5 Å². The van der Waals surface area contributed by atoms with Crippen molar-refractivity contribution in [2.24, 2.45) is 0 Å². The number of benzene rings is 1. The number of anilines is 1. The third-order valence-corrected chi connectivity index (χ3v) is 4.38. The second-order valence-electron chi connectivity index (χ2n) is 6.29. The second-order valence-corrected chi connectivity index (χ2v) is 6.29. The van der Waals surface area contributed by atoms with E-state index in [9.17, 15) is 9.18 Å². The molecule has 0 aliphatic carbocycles. The molecule has 1 aliphatic rings. The van der Waals surface area contributed by atoms with Gasteiger partial charge in [0.25, 0.3) is 5.91 Å². The Bertz CT molecular complexity index is 973. The molecule has 27 heavy (non-hydrogen) atoms. The Balaban J connectivity index is 1.45. The highest BCUT2D eigenvalue weighted by Crippen LogP contribution is 2.21. The van der Waals surface area contributed by atoms with Crippen LogP contribution in [0.3, 0.4) is 0 Å². The molecule has 2 aromatic heterocycles. The Morgan fingerprint density at radius 2 is 2.04 bits per heavy atom. The Morgan fingerprint density at radius 3 is 2.81 bits per heavy atom. The van der Waals surface area contributed by atoms with Gasteiger partial charge in [-0.25, -0.2) is 9.37 Å². The van der Waals surface area contributed by atoms with Crippen molar-refractivity contribution in [2.75, 3.05) is 12.3 Å². The normalized spacial score (nSPS) is 13.3. The minimum absolute atomic E-state index is 0.0333. The maximum atomic E-state index is 13.2. The lowest BCUT2D eigenvalue weighted by Gasteiger charge is -2.27. The lowest BCUT2D eigenvalue weighted by atomic mass is 10.2. The lowest BCUT2D eigenvalue weighted by Crippen LogP contribution is -2.39. The molecule has 0 saturated carbocycles. The van der Waals surface area contributed by atoms with E-state index in [0.717, 1.165) is 23.5 Å². The number of halogens is 1. The van der Waals surface area contributed by atoms with Crippen LogP contribution in [0.2, 0.25) is 0 Å². The first-order valence-corrected chi connectivity index (χ1v) is 8.54. The average molecular weight is 367 g/mol. The van der Waals surface area contributed by atoms with E-state index < -0.39 is 5.82 Å². The van der Waals surface area contributed by atoms with Gasteiger partial charge in [-0.05, 0) is 5.56 Å². The first-order valence-electron chi connectivity index (χ1n) is 8.54. The summed E-state index contributed by atoms with van der Waals surface area (Å²) in [6, 6.07) is 12.7. The van der Waals surface area contributed by atoms with E-state index in [2.05, 4.69) is 10.1 Å². The van der Waals surface area contributed by atoms with E-state index in [0.29, 0.717) is 32.1 Å². The first kappa shape index (κ1) is 17.0. The molecule has 7 nitrogen and oxygen atoms in total. The van der Waals surface area contributed by atoms with Gasteiger partial charge in [-0.15, -0.1) is 5.10 Å². The quantitative estimate of drug-likeness (QED) is 0.764. The van der Waals surface area contributed by atoms with E-state index in [-0.39, 0.29) is 17.3 Å². The number of amides is 1. The molecule has 0 atom stereocenters. The summed E-state index contributed by atoms with van der Waals surface area (Å²) in [5, 5.41) is 4.43. The number of carbonyl (C=O) groups excluding carboxylic acids is 1. The van der Waals surface area contributed by atoms with Gasteiger partial charge in [-0.2, -0.15) is 0 Å². The zero-order valence-electron chi connectivity index (χ0n) is 14.5. The molecule has 2 N–H and O–H groups in total. The van der Waals surface area contributed by atoms with Crippen molar-refractivity contribution < 1.29 is 13.9 Å². The van der Waals surface area contributed by atoms with Crippen molar-refractivity contribution in [2.45, 2.75) is 19.7 Å². The summed E-state index contributed by atoms with van der Waals surface area (Å²) in [5.74, 6) is -0.379. The molecule has 0 radical (unpaired) electrons. The summed E-state index contributed by atoms with van der Waals surface area (Å²) in [4.78, 5) is 18.1. The van der Waals surface area contributed by atoms with Gasteiger partial charge in [-0.1, -0.05) is 30.3 Å². The van der Waals surface area contributed by atoms with Crippen LogP contribution in [0.4, 0.5) is 10.1 Å². The van der Waals surface area contributed by atoms with Crippen molar-refractivity contribution in [1.82, 2.24) is 19.7 Å². The van der Waals surface area contributed by atoms with Crippen LogP contribution in [0.5, 0.6) is 5.88 Å². The molecule has 0 saturated heterocycles. The van der Waals surface area contributed by atoms with Gasteiger partial charge in [0, 0.05) is 18.7 Å². The van der Waals surface area contributed by atoms with Crippen LogP contribution < -0.4 is 10.5 Å². The summed E-state index contributed by atoms with van der Waals surface area (Å²) in [6.07, 6.45) is 0.993. The minimum Gasteiger partial charge on any atom is -0.472 e. The molecule has 1 aromatic carbocycles. The number of rotatable bonds is 4. The summed E-state index contributed by atoms with van der Waals surface area (Å²) < 4.78 is 20.7. The fourth-order valence-corrected chi connectivity index (χ4v) is 3.00. The van der Waals surface area contributed by atoms with E-state index in [1.165, 1.54) is 0 Å². The fourth-order valence-electron chi connectivity index (χ4n) is 3.00. The second kappa shape index (κ2) is 7.06. The molecule has 3 heterocycles. The number of hydrogen-bond donors (Lipinski definition) is 1. The number of carbonyl (C=O) groups is 1. The molecule has 0 spiro atoms. The SMILES string of the molecule is Nc1cc(F)cnc1C(=O)N1CCn2nc(OCc3ccccc3)cc2C1. The number of nitrogens with zero attached hydrogens (tertiary/aromatic N) is 4. The maximum Gasteiger partial charge on any atom is 0.275 e. The molecule has 0 bridgehead atoms. The molecule has 4 rings (SSSR count). The van der Waals surface area contributed by atoms with Crippen molar-refractivity contribution >= 4 is 11.6 Å². The number of pyridine rings is 1. The number of hydrogen-bond acceptors (Lipinski definition) is 5. The van der Waals surface area contributed by atoms with Crippen LogP contribution in [0.15, 0.2) is 48.7 Å². The van der Waals surface area contributed by atoms with E-state index >= 15 is 0 Å².